The average molecular weight is 217 g/mol. The number of anilines is 2. The highest BCUT2D eigenvalue weighted by Crippen LogP contribution is 2.19. The van der Waals surface area contributed by atoms with Crippen molar-refractivity contribution < 1.29 is 0 Å². The van der Waals surface area contributed by atoms with E-state index in [9.17, 15) is 0 Å². The highest BCUT2D eigenvalue weighted by molar-refractivity contribution is 6.31. The largest absolute Gasteiger partial charge is 0.359 e. The van der Waals surface area contributed by atoms with E-state index in [1.807, 2.05) is 42.8 Å². The Morgan fingerprint density at radius 2 is 1.67 bits per heavy atom. The molecule has 2 aliphatic rings. The van der Waals surface area contributed by atoms with Gasteiger partial charge in [0.05, 0.1) is 16.4 Å². The number of nitrogens with one attached hydrogen (secondary N) is 2. The molecule has 0 fully saturated rings. The summed E-state index contributed by atoms with van der Waals surface area (Å²) in [4.78, 5) is 0. The van der Waals surface area contributed by atoms with E-state index in [2.05, 4.69) is 10.6 Å². The highest BCUT2D eigenvalue weighted by atomic mass is 35.5. The van der Waals surface area contributed by atoms with Gasteiger partial charge in [0, 0.05) is 22.8 Å². The Morgan fingerprint density at radius 3 is 2.53 bits per heavy atom. The van der Waals surface area contributed by atoms with Crippen LogP contribution in [0, 0.1) is 0 Å². The molecule has 0 spiro atoms. The molecule has 0 radical (unpaired) electrons. The summed E-state index contributed by atoms with van der Waals surface area (Å²) in [6.07, 6.45) is 11.8. The molecule has 15 heavy (non-hydrogen) atoms. The third-order valence-electron chi connectivity index (χ3n) is 2.53. The Kier molecular flexibility index (Phi) is 1.82. The lowest BCUT2D eigenvalue weighted by molar-refractivity contribution is 1.42. The zero-order valence-corrected chi connectivity index (χ0v) is 8.68. The zero-order valence-electron chi connectivity index (χ0n) is 7.92. The molecule has 2 N–H and O–H groups in total. The van der Waals surface area contributed by atoms with Crippen LogP contribution in [0.15, 0.2) is 30.6 Å². The van der Waals surface area contributed by atoms with Gasteiger partial charge in [-0.3, -0.25) is 0 Å². The molecule has 1 aromatic carbocycles. The molecule has 1 aromatic rings. The summed E-state index contributed by atoms with van der Waals surface area (Å²) in [5, 5.41) is 9.37. The average Bonchev–Trinajstić information content (AvgIpc) is 2.30. The Bertz CT molecular complexity index is 597. The van der Waals surface area contributed by atoms with Crippen LogP contribution in [0.5, 0.6) is 0 Å². The molecule has 0 unspecified atom stereocenters. The van der Waals surface area contributed by atoms with E-state index in [1.165, 1.54) is 0 Å². The fraction of sp³-hybridized carbons (Fsp3) is 0. The second-order valence-corrected chi connectivity index (χ2v) is 3.86. The van der Waals surface area contributed by atoms with Crippen molar-refractivity contribution in [3.63, 3.8) is 0 Å². The molecule has 0 atom stereocenters. The third kappa shape index (κ3) is 1.26. The van der Waals surface area contributed by atoms with Crippen molar-refractivity contribution >= 4 is 35.1 Å². The lowest BCUT2D eigenvalue weighted by Gasteiger charge is -2.16. The Morgan fingerprint density at radius 1 is 0.933 bits per heavy atom. The molecule has 3 heteroatoms. The van der Waals surface area contributed by atoms with Crippen LogP contribution in [0.4, 0.5) is 11.4 Å². The van der Waals surface area contributed by atoms with Crippen molar-refractivity contribution in [2.45, 2.75) is 0 Å². The van der Waals surface area contributed by atoms with E-state index < -0.39 is 0 Å². The predicted molar refractivity (Wildman–Crippen MR) is 65.2 cm³/mol. The summed E-state index contributed by atoms with van der Waals surface area (Å²) in [7, 11) is 0. The molecule has 0 aliphatic carbocycles. The van der Waals surface area contributed by atoms with Gasteiger partial charge >= 0.3 is 0 Å². The lowest BCUT2D eigenvalue weighted by atomic mass is 10.1. The van der Waals surface area contributed by atoms with Gasteiger partial charge in [-0.25, -0.2) is 0 Å². The van der Waals surface area contributed by atoms with Gasteiger partial charge in [0.1, 0.15) is 0 Å². The quantitative estimate of drug-likeness (QED) is 0.691. The molecule has 0 aromatic heterocycles. The van der Waals surface area contributed by atoms with Gasteiger partial charge in [-0.2, -0.15) is 0 Å². The fourth-order valence-electron chi connectivity index (χ4n) is 1.84. The highest BCUT2D eigenvalue weighted by Gasteiger charge is 2.10. The van der Waals surface area contributed by atoms with E-state index >= 15 is 0 Å². The smallest absolute Gasteiger partial charge is 0.0713 e. The normalized spacial score (nSPS) is 15.3. The second kappa shape index (κ2) is 3.17. The van der Waals surface area contributed by atoms with Crippen molar-refractivity contribution in [2.24, 2.45) is 0 Å². The standard InChI is InChI=1S/C12H9ClN2/c13-10-7-8-3-1-5-14-11(8)12-9(10)4-2-6-15-12/h1-7,14-15H. The van der Waals surface area contributed by atoms with Crippen LogP contribution >= 0.6 is 11.6 Å². The molecule has 0 bridgehead atoms. The van der Waals surface area contributed by atoms with Gasteiger partial charge in [0.2, 0.25) is 0 Å². The number of allylic oxidation sites excluding steroid dienone is 2. The molecule has 2 nitrogen and oxygen atoms in total. The fourth-order valence-corrected chi connectivity index (χ4v) is 2.12. The van der Waals surface area contributed by atoms with Gasteiger partial charge in [-0.05, 0) is 24.3 Å². The van der Waals surface area contributed by atoms with Crippen molar-refractivity contribution in [1.29, 1.82) is 0 Å². The zero-order chi connectivity index (χ0) is 10.3. The topological polar surface area (TPSA) is 24.1 Å². The maximum absolute atomic E-state index is 6.20. The Labute approximate surface area is 92.3 Å². The van der Waals surface area contributed by atoms with Crippen LogP contribution < -0.4 is 21.1 Å². The molecular weight excluding hydrogens is 208 g/mol. The molecule has 0 saturated carbocycles. The number of rotatable bonds is 0. The summed E-state index contributed by atoms with van der Waals surface area (Å²) in [6, 6.07) is 1.98. The summed E-state index contributed by atoms with van der Waals surface area (Å²) >= 11 is 6.20. The lowest BCUT2D eigenvalue weighted by Crippen LogP contribution is -2.22. The maximum atomic E-state index is 6.20. The SMILES string of the molecule is Clc1cc2c(c3c1=CC=CN3)NC=CC=2. The van der Waals surface area contributed by atoms with Gasteiger partial charge < -0.3 is 10.6 Å². The van der Waals surface area contributed by atoms with Crippen molar-refractivity contribution in [3.05, 3.63) is 46.1 Å². The van der Waals surface area contributed by atoms with Crippen molar-refractivity contribution in [3.8, 4) is 0 Å². The monoisotopic (exact) mass is 216 g/mol. The van der Waals surface area contributed by atoms with Crippen molar-refractivity contribution in [2.75, 3.05) is 10.6 Å². The number of hydrogen-bond acceptors (Lipinski definition) is 2. The van der Waals surface area contributed by atoms with Crippen LogP contribution in [-0.4, -0.2) is 0 Å². The summed E-state index contributed by atoms with van der Waals surface area (Å²) in [5.41, 5.74) is 2.12. The van der Waals surface area contributed by atoms with Crippen LogP contribution in [0.2, 0.25) is 5.02 Å². The predicted octanol–water partition coefficient (Wildman–Crippen LogP) is 1.78. The number of hydrogen-bond donors (Lipinski definition) is 2. The Balaban J connectivity index is 2.45. The third-order valence-corrected chi connectivity index (χ3v) is 2.85. The van der Waals surface area contributed by atoms with E-state index in [4.69, 9.17) is 11.6 Å². The molecule has 0 saturated heterocycles. The van der Waals surface area contributed by atoms with Crippen LogP contribution in [0.3, 0.4) is 0 Å². The van der Waals surface area contributed by atoms with Crippen molar-refractivity contribution in [1.82, 2.24) is 0 Å². The van der Waals surface area contributed by atoms with E-state index in [0.29, 0.717) is 0 Å². The van der Waals surface area contributed by atoms with E-state index in [-0.39, 0.29) is 0 Å². The minimum atomic E-state index is 0.772. The van der Waals surface area contributed by atoms with Gasteiger partial charge in [-0.1, -0.05) is 17.7 Å². The maximum Gasteiger partial charge on any atom is 0.0713 e. The first kappa shape index (κ1) is 8.62. The molecule has 2 aliphatic heterocycles. The molecule has 74 valence electrons. The minimum absolute atomic E-state index is 0.772. The Hall–Kier alpha value is -1.67. The van der Waals surface area contributed by atoms with E-state index in [0.717, 1.165) is 26.8 Å². The summed E-state index contributed by atoms with van der Waals surface area (Å²) in [5.74, 6) is 0. The van der Waals surface area contributed by atoms with Gasteiger partial charge in [0.25, 0.3) is 0 Å². The van der Waals surface area contributed by atoms with Crippen LogP contribution in [0.25, 0.3) is 12.2 Å². The number of benzene rings is 1. The first-order chi connectivity index (χ1) is 7.36. The van der Waals surface area contributed by atoms with Crippen LogP contribution in [-0.2, 0) is 0 Å². The summed E-state index contributed by atoms with van der Waals surface area (Å²) in [6.45, 7) is 0. The van der Waals surface area contributed by atoms with Gasteiger partial charge in [-0.15, -0.1) is 0 Å². The van der Waals surface area contributed by atoms with E-state index in [1.54, 1.807) is 0 Å². The number of halogens is 1. The molecule has 3 rings (SSSR count). The molecule has 0 amide bonds. The summed E-state index contributed by atoms with van der Waals surface area (Å²) < 4.78 is 0. The van der Waals surface area contributed by atoms with Crippen LogP contribution in [0.1, 0.15) is 0 Å². The first-order valence-corrected chi connectivity index (χ1v) is 5.13. The minimum Gasteiger partial charge on any atom is -0.359 e. The molecular formula is C12H9ClN2. The first-order valence-electron chi connectivity index (χ1n) is 4.75. The van der Waals surface area contributed by atoms with Gasteiger partial charge in [0.15, 0.2) is 0 Å². The second-order valence-electron chi connectivity index (χ2n) is 3.45. The molecule has 2 heterocycles. The number of fused-ring (bicyclic) bond motifs is 3.